The molecule has 0 aromatic heterocycles. The van der Waals surface area contributed by atoms with Gasteiger partial charge in [-0.2, -0.15) is 0 Å². The van der Waals surface area contributed by atoms with Crippen LogP contribution in [0.4, 0.5) is 5.69 Å². The van der Waals surface area contributed by atoms with Gasteiger partial charge in [0.1, 0.15) is 15.7 Å². The Morgan fingerprint density at radius 1 is 1.24 bits per heavy atom. The van der Waals surface area contributed by atoms with E-state index < -0.39 is 21.7 Å². The summed E-state index contributed by atoms with van der Waals surface area (Å²) in [5.74, 6) is 0.331. The summed E-state index contributed by atoms with van der Waals surface area (Å²) in [6.45, 7) is 15.2. The molecule has 9 heteroatoms. The maximum absolute atomic E-state index is 13.8. The zero-order valence-corrected chi connectivity index (χ0v) is 28.6. The highest BCUT2D eigenvalue weighted by Crippen LogP contribution is 2.46. The van der Waals surface area contributed by atoms with E-state index in [2.05, 4.69) is 52.3 Å². The summed E-state index contributed by atoms with van der Waals surface area (Å²) < 4.78 is 32.8. The van der Waals surface area contributed by atoms with Crippen LogP contribution >= 0.6 is 0 Å². The molecule has 1 spiro atoms. The number of nitrogens with zero attached hydrogens (tertiary/aromatic N) is 2. The molecule has 1 aliphatic heterocycles. The lowest BCUT2D eigenvalue weighted by Crippen LogP contribution is -2.49. The van der Waals surface area contributed by atoms with Crippen molar-refractivity contribution in [3.05, 3.63) is 84.0 Å². The molecule has 46 heavy (non-hydrogen) atoms. The van der Waals surface area contributed by atoms with Gasteiger partial charge in [-0.25, -0.2) is 4.21 Å². The van der Waals surface area contributed by atoms with Crippen molar-refractivity contribution in [3.8, 4) is 5.75 Å². The lowest BCUT2D eigenvalue weighted by Gasteiger charge is -2.46. The van der Waals surface area contributed by atoms with E-state index in [1.165, 1.54) is 23.6 Å². The van der Waals surface area contributed by atoms with Gasteiger partial charge < -0.3 is 14.4 Å². The first-order valence-corrected chi connectivity index (χ1v) is 18.1. The van der Waals surface area contributed by atoms with E-state index in [0.29, 0.717) is 30.4 Å². The number of benzene rings is 2. The minimum absolute atomic E-state index is 0.00841. The number of fused-ring (bicyclic) bond motifs is 3. The number of hydrogen-bond donors (Lipinski definition) is 1. The zero-order valence-electron chi connectivity index (χ0n) is 27.8. The second-order valence-corrected chi connectivity index (χ2v) is 15.6. The largest absolute Gasteiger partial charge is 0.490 e. The van der Waals surface area contributed by atoms with Crippen LogP contribution in [0, 0.1) is 24.7 Å². The van der Waals surface area contributed by atoms with E-state index >= 15 is 0 Å². The van der Waals surface area contributed by atoms with Crippen LogP contribution < -0.4 is 14.4 Å². The van der Waals surface area contributed by atoms with Crippen LogP contribution in [0.5, 0.6) is 5.75 Å². The molecule has 5 rings (SSSR count). The van der Waals surface area contributed by atoms with Crippen molar-refractivity contribution in [1.29, 1.82) is 0 Å². The highest BCUT2D eigenvalue weighted by Gasteiger charge is 2.44. The molecule has 0 saturated heterocycles. The van der Waals surface area contributed by atoms with Crippen LogP contribution in [0.1, 0.15) is 73.0 Å². The van der Waals surface area contributed by atoms with E-state index in [9.17, 15) is 13.8 Å². The van der Waals surface area contributed by atoms with Gasteiger partial charge in [-0.1, -0.05) is 42.8 Å². The molecular formula is C37H49N3O5S. The Balaban J connectivity index is 1.54. The van der Waals surface area contributed by atoms with Crippen LogP contribution in [0.3, 0.4) is 0 Å². The van der Waals surface area contributed by atoms with Gasteiger partial charge >= 0.3 is 0 Å². The second-order valence-electron chi connectivity index (χ2n) is 13.6. The number of aryl methyl sites for hydroxylation is 2. The van der Waals surface area contributed by atoms with E-state index in [4.69, 9.17) is 9.47 Å². The average molecular weight is 648 g/mol. The Bertz CT molecular complexity index is 1610. The lowest BCUT2D eigenvalue weighted by molar-refractivity contribution is -0.117. The van der Waals surface area contributed by atoms with Gasteiger partial charge in [0, 0.05) is 38.1 Å². The molecule has 248 valence electrons. The van der Waals surface area contributed by atoms with Crippen molar-refractivity contribution < 1.29 is 23.3 Å². The Morgan fingerprint density at radius 2 is 2.04 bits per heavy atom. The summed E-state index contributed by atoms with van der Waals surface area (Å²) in [6.07, 6.45) is 9.54. The number of nitrogens with one attached hydrogen (secondary N) is 1. The molecular weight excluding hydrogens is 598 g/mol. The van der Waals surface area contributed by atoms with Crippen molar-refractivity contribution in [2.45, 2.75) is 70.8 Å². The van der Waals surface area contributed by atoms with Crippen molar-refractivity contribution in [2.24, 2.45) is 22.1 Å². The molecule has 8 nitrogen and oxygen atoms in total. The van der Waals surface area contributed by atoms with E-state index in [1.807, 2.05) is 25.1 Å². The second kappa shape index (κ2) is 14.1. The first-order chi connectivity index (χ1) is 22.0. The Labute approximate surface area is 274 Å². The molecule has 1 N–H and O–H groups in total. The predicted molar refractivity (Wildman–Crippen MR) is 185 cm³/mol. The number of carbonyl (C=O) groups is 2. The van der Waals surface area contributed by atoms with E-state index in [0.717, 1.165) is 56.6 Å². The molecule has 1 fully saturated rings. The van der Waals surface area contributed by atoms with Gasteiger partial charge in [0.2, 0.25) is 5.91 Å². The first kappa shape index (κ1) is 33.9. The predicted octanol–water partition coefficient (Wildman–Crippen LogP) is 6.57. The normalized spacial score (nSPS) is 24.5. The fourth-order valence-corrected chi connectivity index (χ4v) is 9.57. The van der Waals surface area contributed by atoms with Crippen LogP contribution in [-0.4, -0.2) is 54.7 Å². The molecule has 1 heterocycles. The number of allylic oxidation sites excluding steroid dienone is 1. The molecule has 1 saturated carbocycles. The van der Waals surface area contributed by atoms with Gasteiger partial charge in [0.25, 0.3) is 5.91 Å². The fourth-order valence-electron chi connectivity index (χ4n) is 7.64. The minimum atomic E-state index is -3.33. The molecule has 3 aliphatic rings. The van der Waals surface area contributed by atoms with Gasteiger partial charge in [-0.05, 0) is 92.5 Å². The Morgan fingerprint density at radius 3 is 2.72 bits per heavy atom. The van der Waals surface area contributed by atoms with Crippen molar-refractivity contribution >= 4 is 27.4 Å². The number of amides is 2. The minimum Gasteiger partial charge on any atom is -0.490 e. The van der Waals surface area contributed by atoms with Crippen LogP contribution in [-0.2, 0) is 31.3 Å². The van der Waals surface area contributed by atoms with E-state index in [-0.39, 0.29) is 23.2 Å². The lowest BCUT2D eigenvalue weighted by atomic mass is 9.68. The molecule has 2 aromatic rings. The summed E-state index contributed by atoms with van der Waals surface area (Å²) in [5, 5.41) is 0. The first-order valence-electron chi connectivity index (χ1n) is 16.5. The third-order valence-electron chi connectivity index (χ3n) is 9.95. The highest BCUT2D eigenvalue weighted by atomic mass is 32.2. The number of anilines is 1. The zero-order chi connectivity index (χ0) is 33.1. The van der Waals surface area contributed by atoms with Crippen LogP contribution in [0.15, 0.2) is 66.1 Å². The fraction of sp³-hybridized carbons (Fsp3) is 0.514. The SMILES string of the molecule is C=CC[C@H](C)C[S@](=O)(=NC(=O)c1ccc2c(c1)N(C[C@@H]1CC[C@H]1[C@H](C=C)OC)C[C@@]1(CCCc3cc(C)ccc31)CO2)NC(C)=O. The molecule has 2 aromatic carbocycles. The van der Waals surface area contributed by atoms with Crippen LogP contribution in [0.2, 0.25) is 0 Å². The van der Waals surface area contributed by atoms with Gasteiger partial charge in [-0.3, -0.25) is 14.3 Å². The third-order valence-corrected chi connectivity index (χ3v) is 12.0. The topological polar surface area (TPSA) is 97.3 Å². The van der Waals surface area contributed by atoms with Gasteiger partial charge in [0.05, 0.1) is 24.2 Å². The van der Waals surface area contributed by atoms with Crippen molar-refractivity contribution in [3.63, 3.8) is 0 Å². The number of rotatable bonds is 11. The molecule has 0 bridgehead atoms. The molecule has 2 amide bonds. The van der Waals surface area contributed by atoms with Gasteiger partial charge in [-0.15, -0.1) is 17.5 Å². The summed E-state index contributed by atoms with van der Waals surface area (Å²) in [4.78, 5) is 28.0. The van der Waals surface area contributed by atoms with Crippen LogP contribution in [0.25, 0.3) is 0 Å². The van der Waals surface area contributed by atoms with E-state index in [1.54, 1.807) is 19.3 Å². The third kappa shape index (κ3) is 7.26. The monoisotopic (exact) mass is 647 g/mol. The number of methoxy groups -OCH3 is 1. The van der Waals surface area contributed by atoms with Crippen molar-refractivity contribution in [2.75, 3.05) is 37.5 Å². The van der Waals surface area contributed by atoms with Gasteiger partial charge in [0.15, 0.2) is 0 Å². The molecule has 2 aliphatic carbocycles. The smallest absolute Gasteiger partial charge is 0.286 e. The highest BCUT2D eigenvalue weighted by molar-refractivity contribution is 7.92. The number of carbonyl (C=O) groups excluding carboxylic acids is 2. The Hall–Kier alpha value is -3.43. The quantitative estimate of drug-likeness (QED) is 0.277. The summed E-state index contributed by atoms with van der Waals surface area (Å²) >= 11 is 0. The summed E-state index contributed by atoms with van der Waals surface area (Å²) in [6, 6.07) is 12.1. The summed E-state index contributed by atoms with van der Waals surface area (Å²) in [7, 11) is -1.59. The molecule has 0 radical (unpaired) electrons. The van der Waals surface area contributed by atoms with Crippen molar-refractivity contribution in [1.82, 2.24) is 4.72 Å². The maximum atomic E-state index is 13.8. The maximum Gasteiger partial charge on any atom is 0.286 e. The average Bonchev–Trinajstić information content (AvgIpc) is 3.14. The number of hydrogen-bond acceptors (Lipinski definition) is 6. The summed E-state index contributed by atoms with van der Waals surface area (Å²) in [5.41, 5.74) is 4.95. The Kier molecular flexibility index (Phi) is 10.4. The number of ether oxygens (including phenoxy) is 2. The molecule has 0 unspecified atom stereocenters. The standard InChI is InChI=1S/C37H49N3O5S/c1-7-10-26(4)22-46(43,38-27(5)41)39-36(42)29-14-17-35-33(20-29)40(21-30-13-15-31(30)34(8-2)44-6)23-37(24-45-35)18-9-11-28-19-25(3)12-16-32(28)37/h7-8,12,14,16-17,19-20,26,30-31,34H,1-2,9-11,13,15,18,21-24H2,3-6H3,(H,38,39,41,42,43)/t26-,30-,31+,34-,37-,46+/m0/s1. The molecule has 6 atom stereocenters.